The van der Waals surface area contributed by atoms with Crippen molar-refractivity contribution in [2.45, 2.75) is 32.8 Å². The Balaban J connectivity index is 3.20. The van der Waals surface area contributed by atoms with Crippen LogP contribution in [0.2, 0.25) is 0 Å². The monoisotopic (exact) mass is 203 g/mol. The largest absolute Gasteiger partial charge is 0.385 e. The number of amides is 1. The zero-order valence-corrected chi connectivity index (χ0v) is 9.34. The number of hydrogen-bond acceptors (Lipinski definition) is 3. The van der Waals surface area contributed by atoms with Gasteiger partial charge in [0.05, 0.1) is 12.7 Å². The molecule has 4 nitrogen and oxygen atoms in total. The van der Waals surface area contributed by atoms with E-state index >= 15 is 0 Å². The van der Waals surface area contributed by atoms with E-state index in [4.69, 9.17) is 9.47 Å². The van der Waals surface area contributed by atoms with Crippen LogP contribution < -0.4 is 5.32 Å². The molecular formula is C10H21NO3. The molecule has 4 heteroatoms. The number of methoxy groups -OCH3 is 1. The van der Waals surface area contributed by atoms with Gasteiger partial charge < -0.3 is 14.8 Å². The van der Waals surface area contributed by atoms with E-state index in [0.717, 1.165) is 6.42 Å². The Kier molecular flexibility index (Phi) is 8.57. The Morgan fingerprint density at radius 3 is 2.64 bits per heavy atom. The molecule has 0 aliphatic rings. The lowest BCUT2D eigenvalue weighted by molar-refractivity contribution is -0.122. The van der Waals surface area contributed by atoms with Crippen molar-refractivity contribution in [1.82, 2.24) is 5.32 Å². The predicted molar refractivity (Wildman–Crippen MR) is 55.2 cm³/mol. The Morgan fingerprint density at radius 1 is 1.36 bits per heavy atom. The molecule has 1 N–H and O–H groups in total. The summed E-state index contributed by atoms with van der Waals surface area (Å²) in [5, 5.41) is 2.79. The van der Waals surface area contributed by atoms with Gasteiger partial charge in [-0.15, -0.1) is 0 Å². The summed E-state index contributed by atoms with van der Waals surface area (Å²) in [7, 11) is 1.65. The first kappa shape index (κ1) is 13.4. The van der Waals surface area contributed by atoms with Gasteiger partial charge in [-0.1, -0.05) is 0 Å². The Hall–Kier alpha value is -0.610. The van der Waals surface area contributed by atoms with Crippen LogP contribution in [0.25, 0.3) is 0 Å². The molecule has 0 aromatic heterocycles. The maximum Gasteiger partial charge on any atom is 0.222 e. The minimum absolute atomic E-state index is 0.0433. The number of hydrogen-bond donors (Lipinski definition) is 1. The molecule has 84 valence electrons. The van der Waals surface area contributed by atoms with Crippen LogP contribution in [0.3, 0.4) is 0 Å². The number of rotatable bonds is 8. The standard InChI is InChI=1S/C10H21NO3/c1-9(2)14-8-5-10(12)11-6-4-7-13-3/h9H,4-8H2,1-3H3,(H,11,12). The third kappa shape index (κ3) is 9.48. The van der Waals surface area contributed by atoms with Gasteiger partial charge in [-0.2, -0.15) is 0 Å². The van der Waals surface area contributed by atoms with E-state index < -0.39 is 0 Å². The number of nitrogens with one attached hydrogen (secondary N) is 1. The lowest BCUT2D eigenvalue weighted by Gasteiger charge is -2.07. The molecule has 0 spiro atoms. The van der Waals surface area contributed by atoms with Gasteiger partial charge in [0, 0.05) is 26.7 Å². The van der Waals surface area contributed by atoms with Gasteiger partial charge in [-0.3, -0.25) is 4.79 Å². The van der Waals surface area contributed by atoms with Crippen LogP contribution in [0, 0.1) is 0 Å². The lowest BCUT2D eigenvalue weighted by atomic mass is 10.4. The smallest absolute Gasteiger partial charge is 0.222 e. The van der Waals surface area contributed by atoms with Gasteiger partial charge in [-0.05, 0) is 20.3 Å². The van der Waals surface area contributed by atoms with E-state index in [9.17, 15) is 4.79 Å². The third-order valence-corrected chi connectivity index (χ3v) is 1.63. The molecule has 0 aromatic rings. The quantitative estimate of drug-likeness (QED) is 0.598. The molecule has 0 rings (SSSR count). The van der Waals surface area contributed by atoms with Crippen molar-refractivity contribution in [2.24, 2.45) is 0 Å². The molecule has 0 heterocycles. The van der Waals surface area contributed by atoms with Crippen molar-refractivity contribution in [1.29, 1.82) is 0 Å². The molecule has 0 atom stereocenters. The van der Waals surface area contributed by atoms with Crippen molar-refractivity contribution < 1.29 is 14.3 Å². The molecule has 14 heavy (non-hydrogen) atoms. The second-order valence-corrected chi connectivity index (χ2v) is 3.37. The van der Waals surface area contributed by atoms with E-state index in [0.29, 0.717) is 26.2 Å². The molecule has 0 saturated heterocycles. The molecule has 0 saturated carbocycles. The highest BCUT2D eigenvalue weighted by molar-refractivity contribution is 5.75. The third-order valence-electron chi connectivity index (χ3n) is 1.63. The minimum Gasteiger partial charge on any atom is -0.385 e. The number of carbonyl (C=O) groups is 1. The Labute approximate surface area is 86.0 Å². The topological polar surface area (TPSA) is 47.6 Å². The van der Waals surface area contributed by atoms with Crippen molar-refractivity contribution in [3.8, 4) is 0 Å². The van der Waals surface area contributed by atoms with E-state index in [-0.39, 0.29) is 12.0 Å². The van der Waals surface area contributed by atoms with Gasteiger partial charge in [-0.25, -0.2) is 0 Å². The van der Waals surface area contributed by atoms with Crippen molar-refractivity contribution in [3.63, 3.8) is 0 Å². The van der Waals surface area contributed by atoms with Gasteiger partial charge in [0.2, 0.25) is 5.91 Å². The maximum absolute atomic E-state index is 11.2. The first-order chi connectivity index (χ1) is 6.66. The van der Waals surface area contributed by atoms with E-state index in [1.807, 2.05) is 13.8 Å². The fourth-order valence-corrected chi connectivity index (χ4v) is 0.920. The van der Waals surface area contributed by atoms with Crippen LogP contribution in [0.15, 0.2) is 0 Å². The highest BCUT2D eigenvalue weighted by atomic mass is 16.5. The summed E-state index contributed by atoms with van der Waals surface area (Å²) in [5.41, 5.74) is 0. The van der Waals surface area contributed by atoms with Crippen molar-refractivity contribution in [2.75, 3.05) is 26.9 Å². The van der Waals surface area contributed by atoms with Gasteiger partial charge >= 0.3 is 0 Å². The molecule has 1 amide bonds. The van der Waals surface area contributed by atoms with Crippen molar-refractivity contribution in [3.05, 3.63) is 0 Å². The van der Waals surface area contributed by atoms with Crippen LogP contribution in [0.1, 0.15) is 26.7 Å². The summed E-state index contributed by atoms with van der Waals surface area (Å²) < 4.78 is 10.1. The predicted octanol–water partition coefficient (Wildman–Crippen LogP) is 0.954. The zero-order valence-electron chi connectivity index (χ0n) is 9.34. The van der Waals surface area contributed by atoms with Gasteiger partial charge in [0.15, 0.2) is 0 Å². The van der Waals surface area contributed by atoms with Crippen LogP contribution in [-0.4, -0.2) is 38.9 Å². The van der Waals surface area contributed by atoms with Crippen LogP contribution in [0.5, 0.6) is 0 Å². The summed E-state index contributed by atoms with van der Waals surface area (Å²) in [6.07, 6.45) is 1.48. The number of carbonyl (C=O) groups excluding carboxylic acids is 1. The summed E-state index contributed by atoms with van der Waals surface area (Å²) in [5.74, 6) is 0.0433. The molecule has 0 radical (unpaired) electrons. The SMILES string of the molecule is COCCCNC(=O)CCOC(C)C. The van der Waals surface area contributed by atoms with Crippen molar-refractivity contribution >= 4 is 5.91 Å². The molecule has 0 fully saturated rings. The van der Waals surface area contributed by atoms with E-state index in [1.165, 1.54) is 0 Å². The van der Waals surface area contributed by atoms with E-state index in [2.05, 4.69) is 5.32 Å². The Morgan fingerprint density at radius 2 is 2.07 bits per heavy atom. The molecule has 0 aromatic carbocycles. The van der Waals surface area contributed by atoms with Gasteiger partial charge in [0.1, 0.15) is 0 Å². The molecule has 0 aliphatic carbocycles. The summed E-state index contributed by atoms with van der Waals surface area (Å²) in [4.78, 5) is 11.2. The second kappa shape index (κ2) is 8.97. The minimum atomic E-state index is 0.0433. The normalized spacial score (nSPS) is 10.6. The van der Waals surface area contributed by atoms with Crippen LogP contribution in [0.4, 0.5) is 0 Å². The Bertz CT molecular complexity index is 148. The highest BCUT2D eigenvalue weighted by Gasteiger charge is 2.01. The first-order valence-corrected chi connectivity index (χ1v) is 5.04. The van der Waals surface area contributed by atoms with E-state index in [1.54, 1.807) is 7.11 Å². The molecule has 0 unspecified atom stereocenters. The molecule has 0 bridgehead atoms. The summed E-state index contributed by atoms with van der Waals surface area (Å²) >= 11 is 0. The average molecular weight is 203 g/mol. The van der Waals surface area contributed by atoms with Crippen LogP contribution >= 0.6 is 0 Å². The fourth-order valence-electron chi connectivity index (χ4n) is 0.920. The first-order valence-electron chi connectivity index (χ1n) is 5.04. The van der Waals surface area contributed by atoms with Crippen LogP contribution in [-0.2, 0) is 14.3 Å². The lowest BCUT2D eigenvalue weighted by Crippen LogP contribution is -2.26. The maximum atomic E-state index is 11.2. The summed E-state index contributed by atoms with van der Waals surface area (Å²) in [6, 6.07) is 0. The number of ether oxygens (including phenoxy) is 2. The molecule has 0 aliphatic heterocycles. The highest BCUT2D eigenvalue weighted by Crippen LogP contribution is 1.90. The van der Waals surface area contributed by atoms with Gasteiger partial charge in [0.25, 0.3) is 0 Å². The second-order valence-electron chi connectivity index (χ2n) is 3.37. The summed E-state index contributed by atoms with van der Waals surface area (Å²) in [6.45, 7) is 5.76. The zero-order chi connectivity index (χ0) is 10.8. The fraction of sp³-hybridized carbons (Fsp3) is 0.900. The molecular weight excluding hydrogens is 182 g/mol. The average Bonchev–Trinajstić information content (AvgIpc) is 2.12.